The molecule has 4 aromatic rings. The molecule has 33 heavy (non-hydrogen) atoms. The zero-order chi connectivity index (χ0) is 24.0. The predicted molar refractivity (Wildman–Crippen MR) is 99.2 cm³/mol. The van der Waals surface area contributed by atoms with Gasteiger partial charge < -0.3 is 4.52 Å². The smallest absolute Gasteiger partial charge is 0.334 e. The highest BCUT2D eigenvalue weighted by Gasteiger charge is 2.37. The number of alkyl halides is 6. The van der Waals surface area contributed by atoms with E-state index in [4.69, 9.17) is 16.1 Å². The normalized spacial score (nSPS) is 13.3. The quantitative estimate of drug-likeness (QED) is 0.374. The van der Waals surface area contributed by atoms with Crippen LogP contribution < -0.4 is 0 Å². The van der Waals surface area contributed by atoms with Gasteiger partial charge in [-0.25, -0.2) is 15.0 Å². The average Bonchev–Trinajstić information content (AvgIpc) is 3.42. The molecule has 1 aromatic carbocycles. The summed E-state index contributed by atoms with van der Waals surface area (Å²) in [4.78, 5) is 16.1. The van der Waals surface area contributed by atoms with Gasteiger partial charge in [-0.05, 0) is 25.1 Å². The van der Waals surface area contributed by atoms with Gasteiger partial charge in [0.1, 0.15) is 12.2 Å². The van der Waals surface area contributed by atoms with Crippen LogP contribution in [0.1, 0.15) is 35.6 Å². The minimum Gasteiger partial charge on any atom is -0.334 e. The van der Waals surface area contributed by atoms with Crippen LogP contribution in [0.3, 0.4) is 0 Å². The topological polar surface area (TPSA) is 95.4 Å². The molecule has 172 valence electrons. The van der Waals surface area contributed by atoms with E-state index in [1.54, 1.807) is 6.92 Å². The third-order valence-corrected chi connectivity index (χ3v) is 4.62. The van der Waals surface area contributed by atoms with E-state index >= 15 is 0 Å². The molecule has 1 atom stereocenters. The summed E-state index contributed by atoms with van der Waals surface area (Å²) in [6.45, 7) is 1.58. The van der Waals surface area contributed by atoms with Gasteiger partial charge in [0.15, 0.2) is 5.82 Å². The minimum absolute atomic E-state index is 0.0119. The lowest BCUT2D eigenvalue weighted by atomic mass is 10.0. The largest absolute Gasteiger partial charge is 0.416 e. The Morgan fingerprint density at radius 1 is 0.939 bits per heavy atom. The first kappa shape index (κ1) is 22.6. The summed E-state index contributed by atoms with van der Waals surface area (Å²) in [7, 11) is 0. The van der Waals surface area contributed by atoms with E-state index in [-0.39, 0.29) is 28.7 Å². The van der Waals surface area contributed by atoms with Crippen molar-refractivity contribution in [2.75, 3.05) is 0 Å². The van der Waals surface area contributed by atoms with Gasteiger partial charge in [0.05, 0.1) is 34.5 Å². The van der Waals surface area contributed by atoms with Crippen molar-refractivity contribution in [3.63, 3.8) is 0 Å². The summed E-state index contributed by atoms with van der Waals surface area (Å²) >= 11 is 5.77. The molecule has 0 amide bonds. The molecule has 0 aliphatic rings. The molecule has 8 nitrogen and oxygen atoms in total. The molecular formula is C18H10ClF6N7O. The van der Waals surface area contributed by atoms with Crippen LogP contribution in [-0.2, 0) is 12.4 Å². The molecule has 0 saturated carbocycles. The second-order valence-corrected chi connectivity index (χ2v) is 7.14. The lowest BCUT2D eigenvalue weighted by Gasteiger charge is -2.12. The van der Waals surface area contributed by atoms with Crippen LogP contribution in [0.4, 0.5) is 26.3 Å². The van der Waals surface area contributed by atoms with Gasteiger partial charge in [-0.1, -0.05) is 16.8 Å². The first-order valence-electron chi connectivity index (χ1n) is 8.95. The van der Waals surface area contributed by atoms with Crippen LogP contribution in [0.25, 0.3) is 17.4 Å². The molecule has 0 bridgehead atoms. The number of benzene rings is 1. The molecule has 3 aromatic heterocycles. The van der Waals surface area contributed by atoms with Crippen molar-refractivity contribution < 1.29 is 30.9 Å². The van der Waals surface area contributed by atoms with Crippen LogP contribution in [0.15, 0.2) is 41.4 Å². The maximum Gasteiger partial charge on any atom is 0.416 e. The Bertz CT molecular complexity index is 1250. The predicted octanol–water partition coefficient (Wildman–Crippen LogP) is 4.95. The van der Waals surface area contributed by atoms with E-state index < -0.39 is 40.9 Å². The van der Waals surface area contributed by atoms with Gasteiger partial charge >= 0.3 is 12.4 Å². The highest BCUT2D eigenvalue weighted by Crippen LogP contribution is 2.38. The number of aromatic nitrogens is 7. The van der Waals surface area contributed by atoms with Crippen molar-refractivity contribution >= 4 is 11.6 Å². The highest BCUT2D eigenvalue weighted by atomic mass is 35.5. The fourth-order valence-corrected chi connectivity index (χ4v) is 2.93. The van der Waals surface area contributed by atoms with Crippen LogP contribution in [0, 0.1) is 0 Å². The first-order valence-corrected chi connectivity index (χ1v) is 9.32. The summed E-state index contributed by atoms with van der Waals surface area (Å²) in [5.74, 6) is -0.960. The summed E-state index contributed by atoms with van der Waals surface area (Å²) in [5, 5.41) is 7.98. The maximum atomic E-state index is 13.1. The van der Waals surface area contributed by atoms with E-state index in [9.17, 15) is 26.3 Å². The van der Waals surface area contributed by atoms with Crippen LogP contribution in [0.2, 0.25) is 5.02 Å². The van der Waals surface area contributed by atoms with Gasteiger partial charge in [-0.15, -0.1) is 0 Å². The monoisotopic (exact) mass is 489 g/mol. The molecule has 4 rings (SSSR count). The van der Waals surface area contributed by atoms with Gasteiger partial charge in [0.2, 0.25) is 0 Å². The molecule has 15 heteroatoms. The van der Waals surface area contributed by atoms with Crippen molar-refractivity contribution in [2.24, 2.45) is 0 Å². The van der Waals surface area contributed by atoms with E-state index in [0.717, 1.165) is 0 Å². The summed E-state index contributed by atoms with van der Waals surface area (Å²) in [6.07, 6.45) is -6.16. The molecule has 0 spiro atoms. The van der Waals surface area contributed by atoms with Crippen molar-refractivity contribution in [2.45, 2.75) is 25.2 Å². The van der Waals surface area contributed by atoms with Crippen LogP contribution >= 0.6 is 11.6 Å². The van der Waals surface area contributed by atoms with Crippen LogP contribution in [0.5, 0.6) is 0 Å². The maximum absolute atomic E-state index is 13.1. The van der Waals surface area contributed by atoms with Gasteiger partial charge in [0.25, 0.3) is 11.8 Å². The number of hydrogen-bond donors (Lipinski definition) is 0. The molecule has 0 aliphatic carbocycles. The second-order valence-electron chi connectivity index (χ2n) is 6.71. The molecular weight excluding hydrogens is 480 g/mol. The highest BCUT2D eigenvalue weighted by molar-refractivity contribution is 6.30. The molecule has 1 unspecified atom stereocenters. The van der Waals surface area contributed by atoms with Gasteiger partial charge in [-0.3, -0.25) is 0 Å². The lowest BCUT2D eigenvalue weighted by molar-refractivity contribution is -0.143. The molecule has 0 saturated heterocycles. The van der Waals surface area contributed by atoms with Crippen molar-refractivity contribution in [3.8, 4) is 17.4 Å². The molecule has 0 fully saturated rings. The fourth-order valence-electron chi connectivity index (χ4n) is 2.84. The van der Waals surface area contributed by atoms with E-state index in [2.05, 4.69) is 30.2 Å². The Morgan fingerprint density at radius 2 is 1.55 bits per heavy atom. The Hall–Kier alpha value is -3.55. The minimum atomic E-state index is -5.01. The average molecular weight is 490 g/mol. The van der Waals surface area contributed by atoms with Crippen LogP contribution in [-0.4, -0.2) is 34.9 Å². The number of halogens is 7. The van der Waals surface area contributed by atoms with Crippen molar-refractivity contribution in [3.05, 3.63) is 64.7 Å². The third-order valence-electron chi connectivity index (χ3n) is 4.42. The van der Waals surface area contributed by atoms with E-state index in [1.165, 1.54) is 23.4 Å². The SMILES string of the molecule is CC(c1noc(-c2cc(C(F)(F)F)cc(C(F)(F)F)c2)n1)c1ncnn1-c1ncc(Cl)cn1. The fraction of sp³-hybridized carbons (Fsp3) is 0.222. The standard InChI is InChI=1S/C18H10ClF6N7O/c1-8(14-28-7-29-32(14)16-26-5-12(19)6-27-16)13-30-15(33-31-13)9-2-10(17(20,21)22)4-11(3-9)18(23,24)25/h2-8H,1H3. The van der Waals surface area contributed by atoms with E-state index in [1.807, 2.05) is 0 Å². The summed E-state index contributed by atoms with van der Waals surface area (Å²) in [6, 6.07) is 1.01. The Kier molecular flexibility index (Phi) is 5.56. The van der Waals surface area contributed by atoms with Gasteiger partial charge in [-0.2, -0.15) is 41.1 Å². The second kappa shape index (κ2) is 8.10. The number of rotatable bonds is 4. The molecule has 3 heterocycles. The number of nitrogens with zero attached hydrogens (tertiary/aromatic N) is 7. The third kappa shape index (κ3) is 4.65. The van der Waals surface area contributed by atoms with Crippen molar-refractivity contribution in [1.82, 2.24) is 34.9 Å². The molecule has 0 aliphatic heterocycles. The number of hydrogen-bond acceptors (Lipinski definition) is 7. The zero-order valence-corrected chi connectivity index (χ0v) is 17.0. The Labute approximate surface area is 185 Å². The first-order chi connectivity index (χ1) is 15.4. The summed E-state index contributed by atoms with van der Waals surface area (Å²) < 4.78 is 85.0. The molecule has 0 N–H and O–H groups in total. The van der Waals surface area contributed by atoms with Crippen molar-refractivity contribution in [1.29, 1.82) is 0 Å². The zero-order valence-electron chi connectivity index (χ0n) is 16.2. The Morgan fingerprint density at radius 3 is 2.12 bits per heavy atom. The summed E-state index contributed by atoms with van der Waals surface area (Å²) in [5.41, 5.74) is -3.54. The molecule has 0 radical (unpaired) electrons. The van der Waals surface area contributed by atoms with Gasteiger partial charge in [0, 0.05) is 5.56 Å². The Balaban J connectivity index is 1.71. The lowest BCUT2D eigenvalue weighted by Crippen LogP contribution is -2.12. The van der Waals surface area contributed by atoms with E-state index in [0.29, 0.717) is 12.1 Å².